The summed E-state index contributed by atoms with van der Waals surface area (Å²) in [5.74, 6) is -0.333. The predicted molar refractivity (Wildman–Crippen MR) is 13.5 cm³/mol. The molecule has 0 bridgehead atoms. The van der Waals surface area contributed by atoms with Crippen molar-refractivity contribution in [2.75, 3.05) is 0 Å². The van der Waals surface area contributed by atoms with E-state index in [1.165, 1.54) is 6.92 Å². The predicted octanol–water partition coefficient (Wildman–Crippen LogP) is -0.317. The molecule has 0 rings (SSSR count). The Morgan fingerprint density at radius 2 is 2.00 bits per heavy atom. The Kier molecular flexibility index (Phi) is 0.826. The van der Waals surface area contributed by atoms with Crippen molar-refractivity contribution in [2.45, 2.75) is 6.92 Å². The molecule has 0 saturated carbocycles. The maximum Gasteiger partial charge on any atom is -0.0543 e. The molecule has 0 aliphatic carbocycles. The molecule has 0 saturated heterocycles. The smallest absolute Gasteiger partial charge is 0.0543 e. The molecule has 1 heteroatoms. The summed E-state index contributed by atoms with van der Waals surface area (Å²) < 4.78 is 0. The third-order valence-electron chi connectivity index (χ3n) is 0. The summed E-state index contributed by atoms with van der Waals surface area (Å²) >= 11 is 0. The molecule has 0 aromatic heterocycles. The van der Waals surface area contributed by atoms with Gasteiger partial charge in [-0.2, -0.15) is 0 Å². The highest BCUT2D eigenvalue weighted by Crippen LogP contribution is 1.56. The van der Waals surface area contributed by atoms with Gasteiger partial charge in [0, 0.05) is 0 Å². The molecule has 1 radical (unpaired) electrons. The summed E-state index contributed by atoms with van der Waals surface area (Å²) in [5.41, 5.74) is 0. The van der Waals surface area contributed by atoms with Gasteiger partial charge in [-0.25, -0.2) is 0 Å². The number of allylic oxidation sites excluding steroid dienone is 1. The van der Waals surface area contributed by atoms with Crippen LogP contribution in [0.1, 0.15) is 6.92 Å². The molecule has 0 unspecified atom stereocenters. The first-order chi connectivity index (χ1) is 1.73. The lowest BCUT2D eigenvalue weighted by Crippen LogP contribution is -1.93. The number of rotatable bonds is 0. The topological polar surface area (TPSA) is 23.1 Å². The first-order valence-corrected chi connectivity index (χ1v) is 0.993. The van der Waals surface area contributed by atoms with E-state index in [1.54, 1.807) is 0 Å². The summed E-state index contributed by atoms with van der Waals surface area (Å²) in [6, 6.07) is 0. The van der Waals surface area contributed by atoms with Crippen LogP contribution in [0.2, 0.25) is 0 Å². The molecule has 4 heavy (non-hydrogen) atoms. The van der Waals surface area contributed by atoms with Gasteiger partial charge < -0.3 is 5.11 Å². The first-order valence-electron chi connectivity index (χ1n) is 0.993. The van der Waals surface area contributed by atoms with Gasteiger partial charge in [0.2, 0.25) is 0 Å². The summed E-state index contributed by atoms with van der Waals surface area (Å²) in [7, 11) is 0. The minimum Gasteiger partial charge on any atom is -0.876 e. The molecular formula is C3H4O-. The van der Waals surface area contributed by atoms with Crippen LogP contribution in [-0.2, 0) is 0 Å². The highest BCUT2D eigenvalue weighted by molar-refractivity contribution is 4.58. The molecule has 0 aromatic rings. The van der Waals surface area contributed by atoms with Crippen LogP contribution in [0.5, 0.6) is 0 Å². The average molecular weight is 56.1 g/mol. The van der Waals surface area contributed by atoms with Crippen molar-refractivity contribution in [3.8, 4) is 0 Å². The van der Waals surface area contributed by atoms with Gasteiger partial charge in [0.05, 0.1) is 0 Å². The molecule has 0 fully saturated rings. The van der Waals surface area contributed by atoms with Crippen molar-refractivity contribution >= 4 is 0 Å². The van der Waals surface area contributed by atoms with Crippen LogP contribution < -0.4 is 5.11 Å². The monoisotopic (exact) mass is 56.0 g/mol. The summed E-state index contributed by atoms with van der Waals surface area (Å²) in [5, 5.41) is 9.22. The van der Waals surface area contributed by atoms with E-state index >= 15 is 0 Å². The van der Waals surface area contributed by atoms with E-state index in [2.05, 4.69) is 6.58 Å². The van der Waals surface area contributed by atoms with Crippen molar-refractivity contribution in [1.82, 2.24) is 0 Å². The molecule has 0 aliphatic rings. The second-order valence-corrected chi connectivity index (χ2v) is 0.611. The Morgan fingerprint density at radius 1 is 2.00 bits per heavy atom. The van der Waals surface area contributed by atoms with Gasteiger partial charge in [0.15, 0.2) is 0 Å². The maximum atomic E-state index is 9.22. The molecule has 0 spiro atoms. The van der Waals surface area contributed by atoms with Crippen LogP contribution in [0.15, 0.2) is 5.76 Å². The molecule has 0 aliphatic heterocycles. The third-order valence-corrected chi connectivity index (χ3v) is 0. The van der Waals surface area contributed by atoms with Gasteiger partial charge >= 0.3 is 0 Å². The Balaban J connectivity index is 2.80. The fraction of sp³-hybridized carbons (Fsp3) is 0.333. The summed E-state index contributed by atoms with van der Waals surface area (Å²) in [6.45, 7) is 5.78. The van der Waals surface area contributed by atoms with E-state index < -0.39 is 0 Å². The summed E-state index contributed by atoms with van der Waals surface area (Å²) in [4.78, 5) is 0. The minimum absolute atomic E-state index is 0.333. The fourth-order valence-corrected chi connectivity index (χ4v) is 0. The zero-order valence-corrected chi connectivity index (χ0v) is 2.49. The van der Waals surface area contributed by atoms with E-state index in [-0.39, 0.29) is 5.76 Å². The maximum absolute atomic E-state index is 9.22. The van der Waals surface area contributed by atoms with E-state index in [0.717, 1.165) is 0 Å². The molecular weight excluding hydrogens is 52.0 g/mol. The second kappa shape index (κ2) is 0.934. The van der Waals surface area contributed by atoms with Gasteiger partial charge in [-0.15, -0.1) is 5.76 Å². The number of hydrogen-bond acceptors (Lipinski definition) is 1. The zero-order chi connectivity index (χ0) is 3.58. The van der Waals surface area contributed by atoms with Gasteiger partial charge in [0.1, 0.15) is 0 Å². The highest BCUT2D eigenvalue weighted by Gasteiger charge is 1.36. The van der Waals surface area contributed by atoms with Gasteiger partial charge in [-0.3, -0.25) is 0 Å². The molecule has 0 amide bonds. The standard InChI is InChI=1S/C3H5O/c1-3(2)4/h1,4H,2H3/p-1. The van der Waals surface area contributed by atoms with Crippen molar-refractivity contribution in [1.29, 1.82) is 0 Å². The Bertz CT molecular complexity index is 26.3. The second-order valence-electron chi connectivity index (χ2n) is 0.611. The quantitative estimate of drug-likeness (QED) is 0.349. The molecule has 0 aromatic carbocycles. The van der Waals surface area contributed by atoms with Gasteiger partial charge in [-0.1, -0.05) is 13.5 Å². The minimum atomic E-state index is -0.333. The van der Waals surface area contributed by atoms with Crippen molar-refractivity contribution in [2.24, 2.45) is 0 Å². The van der Waals surface area contributed by atoms with Crippen molar-refractivity contribution in [3.05, 3.63) is 12.3 Å². The summed E-state index contributed by atoms with van der Waals surface area (Å²) in [6.07, 6.45) is 0. The van der Waals surface area contributed by atoms with Crippen LogP contribution in [0, 0.1) is 6.58 Å². The Morgan fingerprint density at radius 3 is 2.00 bits per heavy atom. The Labute approximate surface area is 25.6 Å². The van der Waals surface area contributed by atoms with Crippen molar-refractivity contribution < 1.29 is 5.11 Å². The van der Waals surface area contributed by atoms with E-state index in [0.29, 0.717) is 0 Å². The van der Waals surface area contributed by atoms with Gasteiger partial charge in [-0.05, 0) is 0 Å². The first kappa shape index (κ1) is 3.54. The van der Waals surface area contributed by atoms with Crippen LogP contribution in [0.3, 0.4) is 0 Å². The highest BCUT2D eigenvalue weighted by atomic mass is 16.3. The molecule has 0 N–H and O–H groups in total. The zero-order valence-electron chi connectivity index (χ0n) is 2.49. The lowest BCUT2D eigenvalue weighted by Gasteiger charge is -1.91. The lowest BCUT2D eigenvalue weighted by molar-refractivity contribution is -0.301. The molecule has 23 valence electrons. The average Bonchev–Trinajstić information content (AvgIpc) is 0.811. The normalized spacial score (nSPS) is 6.25. The lowest BCUT2D eigenvalue weighted by atomic mass is 10.7. The van der Waals surface area contributed by atoms with Crippen LogP contribution in [0.4, 0.5) is 0 Å². The Hall–Kier alpha value is -0.460. The SMILES string of the molecule is [CH]=C(C)[O-]. The van der Waals surface area contributed by atoms with Crippen molar-refractivity contribution in [3.63, 3.8) is 0 Å². The van der Waals surface area contributed by atoms with Crippen LogP contribution in [-0.4, -0.2) is 0 Å². The largest absolute Gasteiger partial charge is 0.876 e. The third kappa shape index (κ3) is 2.12. The molecule has 0 atom stereocenters. The van der Waals surface area contributed by atoms with E-state index in [9.17, 15) is 5.11 Å². The fourth-order valence-electron chi connectivity index (χ4n) is 0. The number of hydrogen-bond donors (Lipinski definition) is 0. The van der Waals surface area contributed by atoms with Crippen LogP contribution in [0.25, 0.3) is 0 Å². The van der Waals surface area contributed by atoms with E-state index in [4.69, 9.17) is 0 Å². The molecule has 0 heterocycles. The van der Waals surface area contributed by atoms with Crippen LogP contribution >= 0.6 is 0 Å². The van der Waals surface area contributed by atoms with Gasteiger partial charge in [0.25, 0.3) is 0 Å². The van der Waals surface area contributed by atoms with E-state index in [1.807, 2.05) is 0 Å². The molecule has 1 nitrogen and oxygen atoms in total.